The highest BCUT2D eigenvalue weighted by Gasteiger charge is 2.18. The Balaban J connectivity index is 2.00. The van der Waals surface area contributed by atoms with E-state index in [1.54, 1.807) is 11.7 Å². The Bertz CT molecular complexity index is 719. The van der Waals surface area contributed by atoms with E-state index in [-0.39, 0.29) is 11.3 Å². The van der Waals surface area contributed by atoms with Crippen LogP contribution in [0.2, 0.25) is 0 Å². The molecule has 5 nitrogen and oxygen atoms in total. The van der Waals surface area contributed by atoms with Crippen molar-refractivity contribution in [1.82, 2.24) is 4.57 Å². The van der Waals surface area contributed by atoms with E-state index in [0.29, 0.717) is 32.6 Å². The third-order valence-corrected chi connectivity index (χ3v) is 3.99. The zero-order valence-electron chi connectivity index (χ0n) is 12.5. The minimum Gasteiger partial charge on any atom is -0.507 e. The Morgan fingerprint density at radius 1 is 1.23 bits per heavy atom. The second-order valence-electron chi connectivity index (χ2n) is 5.34. The molecule has 0 saturated carbocycles. The molecule has 116 valence electrons. The van der Waals surface area contributed by atoms with Gasteiger partial charge in [-0.1, -0.05) is 12.1 Å². The van der Waals surface area contributed by atoms with E-state index in [1.165, 1.54) is 6.07 Å². The SMILES string of the molecule is COc1ccc(Cn2c3c(c(O)cc2=O)CCOCC3)cc1. The van der Waals surface area contributed by atoms with E-state index in [0.717, 1.165) is 22.6 Å². The fraction of sp³-hybridized carbons (Fsp3) is 0.353. The molecule has 0 fully saturated rings. The van der Waals surface area contributed by atoms with Gasteiger partial charge in [0, 0.05) is 30.2 Å². The van der Waals surface area contributed by atoms with E-state index in [4.69, 9.17) is 9.47 Å². The first-order valence-corrected chi connectivity index (χ1v) is 7.34. The minimum absolute atomic E-state index is 0.0801. The summed E-state index contributed by atoms with van der Waals surface area (Å²) in [7, 11) is 1.62. The first-order chi connectivity index (χ1) is 10.7. The highest BCUT2D eigenvalue weighted by molar-refractivity contribution is 5.37. The van der Waals surface area contributed by atoms with Gasteiger partial charge in [0.05, 0.1) is 26.9 Å². The van der Waals surface area contributed by atoms with Crippen LogP contribution in [-0.4, -0.2) is 30.0 Å². The molecule has 2 aromatic rings. The Labute approximate surface area is 128 Å². The van der Waals surface area contributed by atoms with Crippen LogP contribution in [0.1, 0.15) is 16.8 Å². The predicted molar refractivity (Wildman–Crippen MR) is 82.7 cm³/mol. The van der Waals surface area contributed by atoms with E-state index in [1.807, 2.05) is 24.3 Å². The summed E-state index contributed by atoms with van der Waals surface area (Å²) in [5.74, 6) is 0.866. The first-order valence-electron chi connectivity index (χ1n) is 7.34. The van der Waals surface area contributed by atoms with E-state index in [2.05, 4.69) is 0 Å². The van der Waals surface area contributed by atoms with Crippen LogP contribution in [0, 0.1) is 0 Å². The zero-order chi connectivity index (χ0) is 15.5. The van der Waals surface area contributed by atoms with Gasteiger partial charge in [-0.2, -0.15) is 0 Å². The van der Waals surface area contributed by atoms with Gasteiger partial charge in [0.2, 0.25) is 0 Å². The molecule has 1 aliphatic rings. The lowest BCUT2D eigenvalue weighted by molar-refractivity contribution is 0.145. The van der Waals surface area contributed by atoms with Crippen LogP contribution in [0.15, 0.2) is 35.1 Å². The van der Waals surface area contributed by atoms with Crippen LogP contribution in [0.4, 0.5) is 0 Å². The van der Waals surface area contributed by atoms with Crippen molar-refractivity contribution in [2.45, 2.75) is 19.4 Å². The van der Waals surface area contributed by atoms with Gasteiger partial charge in [-0.15, -0.1) is 0 Å². The fourth-order valence-electron chi connectivity index (χ4n) is 2.82. The molecule has 0 aliphatic carbocycles. The van der Waals surface area contributed by atoms with Gasteiger partial charge < -0.3 is 19.1 Å². The predicted octanol–water partition coefficient (Wildman–Crippen LogP) is 1.73. The van der Waals surface area contributed by atoms with Gasteiger partial charge in [-0.25, -0.2) is 0 Å². The number of aromatic nitrogens is 1. The molecule has 1 aromatic carbocycles. The molecule has 3 rings (SSSR count). The van der Waals surface area contributed by atoms with Crippen molar-refractivity contribution in [3.63, 3.8) is 0 Å². The molecular weight excluding hydrogens is 282 g/mol. The number of benzene rings is 1. The second-order valence-corrected chi connectivity index (χ2v) is 5.34. The van der Waals surface area contributed by atoms with E-state index >= 15 is 0 Å². The molecule has 2 heterocycles. The van der Waals surface area contributed by atoms with Gasteiger partial charge in [-0.3, -0.25) is 4.79 Å². The standard InChI is InChI=1S/C17H19NO4/c1-21-13-4-2-12(3-5-13)11-18-15-7-9-22-8-6-14(15)16(19)10-17(18)20/h2-5,10,19H,6-9,11H2,1H3. The molecular formula is C17H19NO4. The monoisotopic (exact) mass is 301 g/mol. The third-order valence-electron chi connectivity index (χ3n) is 3.99. The van der Waals surface area contributed by atoms with Gasteiger partial charge >= 0.3 is 0 Å². The normalized spacial score (nSPS) is 14.2. The highest BCUT2D eigenvalue weighted by Crippen LogP contribution is 2.23. The molecule has 0 saturated heterocycles. The highest BCUT2D eigenvalue weighted by atomic mass is 16.5. The summed E-state index contributed by atoms with van der Waals surface area (Å²) < 4.78 is 12.3. The summed E-state index contributed by atoms with van der Waals surface area (Å²) >= 11 is 0. The number of ether oxygens (including phenoxy) is 2. The maximum atomic E-state index is 12.3. The maximum absolute atomic E-state index is 12.3. The Morgan fingerprint density at radius 2 is 1.95 bits per heavy atom. The number of fused-ring (bicyclic) bond motifs is 1. The average Bonchev–Trinajstić information content (AvgIpc) is 2.78. The van der Waals surface area contributed by atoms with Crippen molar-refractivity contribution in [1.29, 1.82) is 0 Å². The summed E-state index contributed by atoms with van der Waals surface area (Å²) in [4.78, 5) is 12.3. The van der Waals surface area contributed by atoms with Crippen LogP contribution >= 0.6 is 0 Å². The summed E-state index contributed by atoms with van der Waals surface area (Å²) in [5.41, 5.74) is 2.53. The number of pyridine rings is 1. The molecule has 0 spiro atoms. The Kier molecular flexibility index (Phi) is 4.15. The molecule has 1 aliphatic heterocycles. The van der Waals surface area contributed by atoms with Crippen molar-refractivity contribution >= 4 is 0 Å². The summed E-state index contributed by atoms with van der Waals surface area (Å²) in [6.07, 6.45) is 1.26. The number of methoxy groups -OCH3 is 1. The van der Waals surface area contributed by atoms with Crippen molar-refractivity contribution in [3.8, 4) is 11.5 Å². The largest absolute Gasteiger partial charge is 0.507 e. The lowest BCUT2D eigenvalue weighted by Crippen LogP contribution is -2.25. The Hall–Kier alpha value is -2.27. The Morgan fingerprint density at radius 3 is 2.68 bits per heavy atom. The van der Waals surface area contributed by atoms with Crippen LogP contribution in [0.3, 0.4) is 0 Å². The maximum Gasteiger partial charge on any atom is 0.254 e. The van der Waals surface area contributed by atoms with Crippen molar-refractivity contribution in [3.05, 3.63) is 57.5 Å². The summed E-state index contributed by atoms with van der Waals surface area (Å²) in [6, 6.07) is 8.94. The molecule has 0 amide bonds. The summed E-state index contributed by atoms with van der Waals surface area (Å²) in [6.45, 7) is 1.62. The topological polar surface area (TPSA) is 60.7 Å². The number of rotatable bonds is 3. The molecule has 1 N–H and O–H groups in total. The molecule has 1 aromatic heterocycles. The van der Waals surface area contributed by atoms with Gasteiger partial charge in [0.1, 0.15) is 11.5 Å². The quantitative estimate of drug-likeness (QED) is 0.938. The van der Waals surface area contributed by atoms with Crippen LogP contribution in [-0.2, 0) is 24.1 Å². The van der Waals surface area contributed by atoms with Crippen molar-refractivity contribution in [2.24, 2.45) is 0 Å². The average molecular weight is 301 g/mol. The molecule has 5 heteroatoms. The number of aromatic hydroxyl groups is 1. The molecule has 22 heavy (non-hydrogen) atoms. The molecule has 0 radical (unpaired) electrons. The number of hydrogen-bond donors (Lipinski definition) is 1. The molecule has 0 atom stereocenters. The van der Waals surface area contributed by atoms with E-state index < -0.39 is 0 Å². The lowest BCUT2D eigenvalue weighted by Gasteiger charge is -2.16. The zero-order valence-corrected chi connectivity index (χ0v) is 12.5. The smallest absolute Gasteiger partial charge is 0.254 e. The van der Waals surface area contributed by atoms with Gasteiger partial charge in [-0.05, 0) is 17.7 Å². The molecule has 0 bridgehead atoms. The molecule has 0 unspecified atom stereocenters. The number of nitrogens with zero attached hydrogens (tertiary/aromatic N) is 1. The number of hydrogen-bond acceptors (Lipinski definition) is 4. The second kappa shape index (κ2) is 6.23. The van der Waals surface area contributed by atoms with Crippen LogP contribution in [0.25, 0.3) is 0 Å². The van der Waals surface area contributed by atoms with Crippen LogP contribution < -0.4 is 10.3 Å². The summed E-state index contributed by atoms with van der Waals surface area (Å²) in [5, 5.41) is 10.0. The third kappa shape index (κ3) is 2.85. The lowest BCUT2D eigenvalue weighted by atomic mass is 10.1. The van der Waals surface area contributed by atoms with Crippen molar-refractivity contribution in [2.75, 3.05) is 20.3 Å². The van der Waals surface area contributed by atoms with E-state index in [9.17, 15) is 9.90 Å². The van der Waals surface area contributed by atoms with Gasteiger partial charge in [0.15, 0.2) is 0 Å². The van der Waals surface area contributed by atoms with Crippen molar-refractivity contribution < 1.29 is 14.6 Å². The van der Waals surface area contributed by atoms with Gasteiger partial charge in [0.25, 0.3) is 5.56 Å². The first kappa shape index (κ1) is 14.7. The minimum atomic E-state index is -0.186. The fourth-order valence-corrected chi connectivity index (χ4v) is 2.82. The van der Waals surface area contributed by atoms with Crippen LogP contribution in [0.5, 0.6) is 11.5 Å².